The van der Waals surface area contributed by atoms with E-state index >= 15 is 0 Å². The van der Waals surface area contributed by atoms with Gasteiger partial charge in [0, 0.05) is 32.8 Å². The number of fused-ring (bicyclic) bond motifs is 8. The highest BCUT2D eigenvalue weighted by atomic mass is 16.3. The first-order valence-corrected chi connectivity index (χ1v) is 16.5. The molecule has 0 aliphatic rings. The molecule has 0 unspecified atom stereocenters. The van der Waals surface area contributed by atoms with Crippen LogP contribution in [0.4, 0.5) is 0 Å². The van der Waals surface area contributed by atoms with Crippen LogP contribution in [-0.4, -0.2) is 19.5 Å². The smallest absolute Gasteiger partial charge is 0.238 e. The largest absolute Gasteiger partial charge is 0.456 e. The van der Waals surface area contributed by atoms with E-state index in [0.29, 0.717) is 17.6 Å². The summed E-state index contributed by atoms with van der Waals surface area (Å²) in [5.74, 6) is 1.54. The van der Waals surface area contributed by atoms with Crippen molar-refractivity contribution in [2.75, 3.05) is 0 Å². The lowest BCUT2D eigenvalue weighted by Gasteiger charge is -2.16. The summed E-state index contributed by atoms with van der Waals surface area (Å²) in [5, 5.41) is 7.36. The highest BCUT2D eigenvalue weighted by Crippen LogP contribution is 2.37. The van der Waals surface area contributed by atoms with Crippen LogP contribution in [0.25, 0.3) is 95.3 Å². The Morgan fingerprint density at radius 3 is 1.80 bits per heavy atom. The highest BCUT2D eigenvalue weighted by Gasteiger charge is 2.20. The molecule has 0 saturated heterocycles. The van der Waals surface area contributed by atoms with Gasteiger partial charge < -0.3 is 4.42 Å². The van der Waals surface area contributed by atoms with Crippen LogP contribution in [0, 0.1) is 0 Å². The third-order valence-corrected chi connectivity index (χ3v) is 9.28. The Morgan fingerprint density at radius 1 is 0.480 bits per heavy atom. The molecule has 9 aromatic rings. The number of hydrogen-bond acceptors (Lipinski definition) is 4. The second-order valence-electron chi connectivity index (χ2n) is 12.1. The third kappa shape index (κ3) is 4.67. The van der Waals surface area contributed by atoms with E-state index in [1.54, 1.807) is 0 Å². The van der Waals surface area contributed by atoms with Gasteiger partial charge in [-0.25, -0.2) is 4.98 Å². The van der Waals surface area contributed by atoms with Gasteiger partial charge in [-0.3, -0.25) is 4.57 Å². The average Bonchev–Trinajstić information content (AvgIpc) is 3.58. The fraction of sp³-hybridized carbons (Fsp3) is 0. The van der Waals surface area contributed by atoms with Crippen LogP contribution >= 0.6 is 0 Å². The zero-order valence-corrected chi connectivity index (χ0v) is 27.1. The molecule has 0 fully saturated rings. The lowest BCUT2D eigenvalue weighted by molar-refractivity contribution is 0.669. The Morgan fingerprint density at radius 2 is 1.06 bits per heavy atom. The molecule has 5 nitrogen and oxygen atoms in total. The van der Waals surface area contributed by atoms with Gasteiger partial charge in [-0.05, 0) is 45.8 Å². The number of benzene rings is 6. The fourth-order valence-corrected chi connectivity index (χ4v) is 7.08. The van der Waals surface area contributed by atoms with Crippen LogP contribution < -0.4 is 0 Å². The van der Waals surface area contributed by atoms with Crippen molar-refractivity contribution in [2.45, 2.75) is 0 Å². The summed E-state index contributed by atoms with van der Waals surface area (Å²) < 4.78 is 8.38. The summed E-state index contributed by atoms with van der Waals surface area (Å²) in [6.07, 6.45) is 3.77. The summed E-state index contributed by atoms with van der Waals surface area (Å²) in [6.45, 7) is 8.67. The van der Waals surface area contributed by atoms with E-state index in [1.165, 1.54) is 0 Å². The molecule has 0 radical (unpaired) electrons. The van der Waals surface area contributed by atoms with Crippen molar-refractivity contribution in [2.24, 2.45) is 0 Å². The van der Waals surface area contributed by atoms with Crippen LogP contribution in [0.5, 0.6) is 0 Å². The maximum atomic E-state index is 6.28. The van der Waals surface area contributed by atoms with Crippen molar-refractivity contribution in [3.8, 4) is 28.7 Å². The van der Waals surface area contributed by atoms with E-state index in [1.807, 2.05) is 78.9 Å². The van der Waals surface area contributed by atoms with E-state index in [9.17, 15) is 0 Å². The third-order valence-electron chi connectivity index (χ3n) is 9.28. The Hall–Kier alpha value is -6.85. The Labute approximate surface area is 288 Å². The average molecular weight is 643 g/mol. The molecule has 50 heavy (non-hydrogen) atoms. The van der Waals surface area contributed by atoms with Gasteiger partial charge >= 0.3 is 0 Å². The quantitative estimate of drug-likeness (QED) is 0.187. The SMILES string of the molecule is C=Cc1c(C=C)n(-c2nc(-c3ccccc3)nc(-c3cccc4oc5ccccc5c34)n2)c2ccccc2c2ccccc2c2ccccc12. The van der Waals surface area contributed by atoms with Gasteiger partial charge in [0.2, 0.25) is 5.95 Å². The summed E-state index contributed by atoms with van der Waals surface area (Å²) in [6, 6.07) is 49.5. The fourth-order valence-electron chi connectivity index (χ4n) is 7.08. The van der Waals surface area contributed by atoms with E-state index in [0.717, 1.165) is 76.8 Å². The molecular formula is C45H30N4O. The minimum absolute atomic E-state index is 0.456. The van der Waals surface area contributed by atoms with Crippen molar-refractivity contribution in [3.05, 3.63) is 170 Å². The standard InChI is InChI=1S/C45H30N4O/c1-3-30-31-19-8-9-20-32(31)33-21-10-11-22-34(33)35-23-12-14-26-39(35)49(38(30)4-2)45-47-43(29-17-6-5-7-18-29)46-44(48-45)37-25-16-28-41-42(37)36-24-13-15-27-40(36)50-41/h3-28H,1-2H2. The predicted molar refractivity (Wildman–Crippen MR) is 208 cm³/mol. The monoisotopic (exact) mass is 642 g/mol. The lowest BCUT2D eigenvalue weighted by atomic mass is 10.0. The Balaban J connectivity index is 1.50. The molecule has 0 aliphatic heterocycles. The first-order chi connectivity index (χ1) is 24.7. The van der Waals surface area contributed by atoms with Gasteiger partial charge in [0.15, 0.2) is 11.6 Å². The minimum atomic E-state index is 0.456. The number of nitrogens with zero attached hydrogens (tertiary/aromatic N) is 4. The molecule has 3 aromatic heterocycles. The molecule has 9 rings (SSSR count). The van der Waals surface area contributed by atoms with E-state index in [-0.39, 0.29) is 0 Å². The Bertz CT molecular complexity index is 2860. The highest BCUT2D eigenvalue weighted by molar-refractivity contribution is 6.16. The maximum absolute atomic E-state index is 6.28. The molecule has 5 heteroatoms. The topological polar surface area (TPSA) is 56.7 Å². The van der Waals surface area contributed by atoms with Crippen molar-refractivity contribution < 1.29 is 4.42 Å². The number of hydrogen-bond donors (Lipinski definition) is 0. The summed E-state index contributed by atoms with van der Waals surface area (Å²) >= 11 is 0. The number of para-hydroxylation sites is 2. The van der Waals surface area contributed by atoms with Gasteiger partial charge in [0.1, 0.15) is 11.2 Å². The van der Waals surface area contributed by atoms with Crippen LogP contribution in [0.2, 0.25) is 0 Å². The van der Waals surface area contributed by atoms with Crippen molar-refractivity contribution in [1.29, 1.82) is 0 Å². The van der Waals surface area contributed by atoms with Crippen LogP contribution in [0.15, 0.2) is 163 Å². The second kappa shape index (κ2) is 12.0. The van der Waals surface area contributed by atoms with Gasteiger partial charge in [0.05, 0.1) is 11.2 Å². The first kappa shape index (κ1) is 29.3. The van der Waals surface area contributed by atoms with Crippen molar-refractivity contribution >= 4 is 66.5 Å². The summed E-state index contributed by atoms with van der Waals surface area (Å²) in [7, 11) is 0. The zero-order valence-electron chi connectivity index (χ0n) is 27.1. The molecule has 3 heterocycles. The Kier molecular flexibility index (Phi) is 7.03. The zero-order chi connectivity index (χ0) is 33.6. The molecule has 0 spiro atoms. The van der Waals surface area contributed by atoms with Gasteiger partial charge in [-0.2, -0.15) is 9.97 Å². The molecule has 0 atom stereocenters. The first-order valence-electron chi connectivity index (χ1n) is 16.5. The molecule has 0 saturated carbocycles. The van der Waals surface area contributed by atoms with Gasteiger partial charge in [0.25, 0.3) is 0 Å². The molecule has 0 bridgehead atoms. The van der Waals surface area contributed by atoms with E-state index < -0.39 is 0 Å². The van der Waals surface area contributed by atoms with Crippen molar-refractivity contribution in [1.82, 2.24) is 19.5 Å². The number of furan rings is 1. The molecule has 6 aromatic carbocycles. The molecular weight excluding hydrogens is 613 g/mol. The normalized spacial score (nSPS) is 11.4. The van der Waals surface area contributed by atoms with E-state index in [4.69, 9.17) is 19.4 Å². The lowest BCUT2D eigenvalue weighted by Crippen LogP contribution is -2.10. The van der Waals surface area contributed by atoms with Gasteiger partial charge in [-0.15, -0.1) is 0 Å². The van der Waals surface area contributed by atoms with Crippen LogP contribution in [-0.2, 0) is 0 Å². The molecule has 236 valence electrons. The summed E-state index contributed by atoms with van der Waals surface area (Å²) in [5.41, 5.74) is 5.94. The minimum Gasteiger partial charge on any atom is -0.456 e. The number of aromatic nitrogens is 4. The van der Waals surface area contributed by atoms with Crippen molar-refractivity contribution in [3.63, 3.8) is 0 Å². The van der Waals surface area contributed by atoms with Gasteiger partial charge in [-0.1, -0.05) is 147 Å². The van der Waals surface area contributed by atoms with Crippen LogP contribution in [0.1, 0.15) is 11.3 Å². The number of rotatable bonds is 5. The second-order valence-corrected chi connectivity index (χ2v) is 12.1. The molecule has 0 aliphatic carbocycles. The molecule has 0 amide bonds. The van der Waals surface area contributed by atoms with E-state index in [2.05, 4.69) is 96.6 Å². The summed E-state index contributed by atoms with van der Waals surface area (Å²) in [4.78, 5) is 15.7. The predicted octanol–water partition coefficient (Wildman–Crippen LogP) is 11.8. The maximum Gasteiger partial charge on any atom is 0.238 e. The molecule has 0 N–H and O–H groups in total. The van der Waals surface area contributed by atoms with Crippen LogP contribution in [0.3, 0.4) is 0 Å².